The fraction of sp³-hybridized carbons (Fsp3) is 0.357. The molecule has 1 aliphatic heterocycles. The van der Waals surface area contributed by atoms with E-state index in [0.717, 1.165) is 36.5 Å². The Morgan fingerprint density at radius 2 is 1.89 bits per heavy atom. The van der Waals surface area contributed by atoms with Crippen molar-refractivity contribution in [3.05, 3.63) is 36.0 Å². The molecule has 0 aliphatic carbocycles. The van der Waals surface area contributed by atoms with Crippen molar-refractivity contribution < 1.29 is 4.52 Å². The van der Waals surface area contributed by atoms with Gasteiger partial charge in [-0.25, -0.2) is 0 Å². The van der Waals surface area contributed by atoms with Gasteiger partial charge in [0.25, 0.3) is 0 Å². The zero-order valence-electron chi connectivity index (χ0n) is 10.3. The Hall–Kier alpha value is -1.81. The maximum Gasteiger partial charge on any atom is 0.230 e. The second-order valence-corrected chi connectivity index (χ2v) is 4.72. The molecule has 0 amide bonds. The standard InChI is InChI=1S/C14H17N3O/c15-14-13(11-6-2-1-3-7-11)12(16-18-14)10-17-8-4-5-9-17/h1-3,6-7H,4-5,8-10,15H2. The molecule has 4 nitrogen and oxygen atoms in total. The van der Waals surface area contributed by atoms with Gasteiger partial charge in [-0.2, -0.15) is 0 Å². The van der Waals surface area contributed by atoms with Crippen LogP contribution in [0.2, 0.25) is 0 Å². The maximum absolute atomic E-state index is 5.90. The van der Waals surface area contributed by atoms with Crippen molar-refractivity contribution in [2.75, 3.05) is 18.8 Å². The Morgan fingerprint density at radius 1 is 1.17 bits per heavy atom. The van der Waals surface area contributed by atoms with Crippen LogP contribution in [0.1, 0.15) is 18.5 Å². The van der Waals surface area contributed by atoms with Crippen LogP contribution in [-0.4, -0.2) is 23.1 Å². The molecule has 1 saturated heterocycles. The van der Waals surface area contributed by atoms with Gasteiger partial charge >= 0.3 is 0 Å². The van der Waals surface area contributed by atoms with Gasteiger partial charge in [0.2, 0.25) is 5.88 Å². The molecule has 3 rings (SSSR count). The van der Waals surface area contributed by atoms with Gasteiger partial charge in [-0.15, -0.1) is 0 Å². The molecule has 0 bridgehead atoms. The van der Waals surface area contributed by atoms with E-state index in [1.807, 2.05) is 30.3 Å². The van der Waals surface area contributed by atoms with Crippen molar-refractivity contribution in [3.63, 3.8) is 0 Å². The van der Waals surface area contributed by atoms with E-state index >= 15 is 0 Å². The number of aromatic nitrogens is 1. The molecule has 18 heavy (non-hydrogen) atoms. The fourth-order valence-corrected chi connectivity index (χ4v) is 2.51. The SMILES string of the molecule is Nc1onc(CN2CCCC2)c1-c1ccccc1. The van der Waals surface area contributed by atoms with E-state index in [4.69, 9.17) is 10.3 Å². The van der Waals surface area contributed by atoms with Crippen LogP contribution < -0.4 is 5.73 Å². The zero-order valence-corrected chi connectivity index (χ0v) is 10.3. The summed E-state index contributed by atoms with van der Waals surface area (Å²) < 4.78 is 5.16. The second kappa shape index (κ2) is 4.82. The van der Waals surface area contributed by atoms with Gasteiger partial charge < -0.3 is 10.3 Å². The number of hydrogen-bond donors (Lipinski definition) is 1. The zero-order chi connectivity index (χ0) is 12.4. The van der Waals surface area contributed by atoms with Crippen LogP contribution in [0, 0.1) is 0 Å². The van der Waals surface area contributed by atoms with Gasteiger partial charge in [0, 0.05) is 6.54 Å². The quantitative estimate of drug-likeness (QED) is 0.900. The Morgan fingerprint density at radius 3 is 2.61 bits per heavy atom. The third-order valence-electron chi connectivity index (χ3n) is 3.42. The van der Waals surface area contributed by atoms with Crippen molar-refractivity contribution in [2.45, 2.75) is 19.4 Å². The Bertz CT molecular complexity index is 515. The molecule has 4 heteroatoms. The predicted molar refractivity (Wildman–Crippen MR) is 70.9 cm³/mol. The largest absolute Gasteiger partial charge is 0.367 e. The lowest BCUT2D eigenvalue weighted by atomic mass is 10.1. The van der Waals surface area contributed by atoms with E-state index < -0.39 is 0 Å². The normalized spacial score (nSPS) is 16.2. The molecule has 1 aromatic heterocycles. The molecule has 2 aromatic rings. The second-order valence-electron chi connectivity index (χ2n) is 4.72. The van der Waals surface area contributed by atoms with E-state index in [-0.39, 0.29) is 0 Å². The fourth-order valence-electron chi connectivity index (χ4n) is 2.51. The summed E-state index contributed by atoms with van der Waals surface area (Å²) in [6.07, 6.45) is 2.54. The van der Waals surface area contributed by atoms with E-state index in [2.05, 4.69) is 10.1 Å². The number of rotatable bonds is 3. The molecule has 1 aliphatic rings. The van der Waals surface area contributed by atoms with Crippen molar-refractivity contribution in [1.29, 1.82) is 0 Å². The van der Waals surface area contributed by atoms with E-state index in [0.29, 0.717) is 5.88 Å². The number of likely N-dealkylation sites (tertiary alicyclic amines) is 1. The Kier molecular flexibility index (Phi) is 3.02. The first kappa shape index (κ1) is 11.3. The van der Waals surface area contributed by atoms with Crippen LogP contribution in [-0.2, 0) is 6.54 Å². The van der Waals surface area contributed by atoms with Gasteiger partial charge in [0.1, 0.15) is 5.69 Å². The molecule has 2 heterocycles. The number of nitrogen functional groups attached to an aromatic ring is 1. The smallest absolute Gasteiger partial charge is 0.230 e. The summed E-state index contributed by atoms with van der Waals surface area (Å²) in [5.41, 5.74) is 8.87. The highest BCUT2D eigenvalue weighted by Crippen LogP contribution is 2.30. The summed E-state index contributed by atoms with van der Waals surface area (Å²) in [4.78, 5) is 2.39. The minimum Gasteiger partial charge on any atom is -0.367 e. The lowest BCUT2D eigenvalue weighted by Crippen LogP contribution is -2.19. The van der Waals surface area contributed by atoms with Gasteiger partial charge in [-0.05, 0) is 31.5 Å². The monoisotopic (exact) mass is 243 g/mol. The molecular formula is C14H17N3O. The summed E-state index contributed by atoms with van der Waals surface area (Å²) in [7, 11) is 0. The van der Waals surface area contributed by atoms with Gasteiger partial charge in [0.15, 0.2) is 0 Å². The highest BCUT2D eigenvalue weighted by atomic mass is 16.5. The lowest BCUT2D eigenvalue weighted by molar-refractivity contribution is 0.315. The van der Waals surface area contributed by atoms with Crippen molar-refractivity contribution in [2.24, 2.45) is 0 Å². The predicted octanol–water partition coefficient (Wildman–Crippen LogP) is 2.52. The van der Waals surface area contributed by atoms with Crippen molar-refractivity contribution in [1.82, 2.24) is 10.1 Å². The molecule has 1 fully saturated rings. The lowest BCUT2D eigenvalue weighted by Gasteiger charge is -2.13. The average molecular weight is 243 g/mol. The first-order chi connectivity index (χ1) is 8.84. The van der Waals surface area contributed by atoms with Gasteiger partial charge in [-0.1, -0.05) is 35.5 Å². The Labute approximate surface area is 106 Å². The van der Waals surface area contributed by atoms with Crippen LogP contribution in [0.25, 0.3) is 11.1 Å². The van der Waals surface area contributed by atoms with Crippen molar-refractivity contribution in [3.8, 4) is 11.1 Å². The molecule has 2 N–H and O–H groups in total. The van der Waals surface area contributed by atoms with Crippen LogP contribution >= 0.6 is 0 Å². The highest BCUT2D eigenvalue weighted by Gasteiger charge is 2.19. The van der Waals surface area contributed by atoms with E-state index in [9.17, 15) is 0 Å². The van der Waals surface area contributed by atoms with Crippen LogP contribution in [0.4, 0.5) is 5.88 Å². The molecule has 0 saturated carbocycles. The third-order valence-corrected chi connectivity index (χ3v) is 3.42. The summed E-state index contributed by atoms with van der Waals surface area (Å²) in [6, 6.07) is 10.1. The molecule has 0 spiro atoms. The average Bonchev–Trinajstić information content (AvgIpc) is 3.02. The van der Waals surface area contributed by atoms with E-state index in [1.165, 1.54) is 12.8 Å². The summed E-state index contributed by atoms with van der Waals surface area (Å²) in [5, 5.41) is 4.11. The molecule has 0 radical (unpaired) electrons. The van der Waals surface area contributed by atoms with Crippen LogP contribution in [0.15, 0.2) is 34.9 Å². The molecule has 94 valence electrons. The number of benzene rings is 1. The number of hydrogen-bond acceptors (Lipinski definition) is 4. The van der Waals surface area contributed by atoms with Crippen LogP contribution in [0.3, 0.4) is 0 Å². The summed E-state index contributed by atoms with van der Waals surface area (Å²) >= 11 is 0. The summed E-state index contributed by atoms with van der Waals surface area (Å²) in [6.45, 7) is 3.10. The van der Waals surface area contributed by atoms with Gasteiger partial charge in [0.05, 0.1) is 5.56 Å². The molecular weight excluding hydrogens is 226 g/mol. The number of nitrogens with two attached hydrogens (primary N) is 1. The van der Waals surface area contributed by atoms with Crippen LogP contribution in [0.5, 0.6) is 0 Å². The van der Waals surface area contributed by atoms with E-state index in [1.54, 1.807) is 0 Å². The highest BCUT2D eigenvalue weighted by molar-refractivity contribution is 5.74. The minimum atomic E-state index is 0.412. The molecule has 1 aromatic carbocycles. The topological polar surface area (TPSA) is 55.3 Å². The minimum absolute atomic E-state index is 0.412. The first-order valence-corrected chi connectivity index (χ1v) is 6.36. The van der Waals surface area contributed by atoms with Crippen molar-refractivity contribution >= 4 is 5.88 Å². The van der Waals surface area contributed by atoms with Gasteiger partial charge in [-0.3, -0.25) is 4.90 Å². The third kappa shape index (κ3) is 2.11. The summed E-state index contributed by atoms with van der Waals surface area (Å²) in [5.74, 6) is 0.412. The first-order valence-electron chi connectivity index (χ1n) is 6.36. The number of anilines is 1. The maximum atomic E-state index is 5.90. The molecule has 0 unspecified atom stereocenters. The Balaban J connectivity index is 1.91. The number of nitrogens with zero attached hydrogens (tertiary/aromatic N) is 2. The molecule has 0 atom stereocenters.